The Balaban J connectivity index is 1.94. The third-order valence-electron chi connectivity index (χ3n) is 5.95. The minimum atomic E-state index is 1.20. The molecule has 2 aromatic carbocycles. The molecule has 2 aromatic rings. The van der Waals surface area contributed by atoms with E-state index in [0.717, 1.165) is 0 Å². The van der Waals surface area contributed by atoms with Crippen molar-refractivity contribution >= 4 is 16.8 Å². The maximum atomic E-state index is 2.46. The molecule has 0 heterocycles. The first kappa shape index (κ1) is 18.2. The van der Waals surface area contributed by atoms with Crippen molar-refractivity contribution < 1.29 is 0 Å². The highest BCUT2D eigenvalue weighted by molar-refractivity contribution is 5.94. The van der Waals surface area contributed by atoms with Crippen LogP contribution in [-0.2, 0) is 12.8 Å². The van der Waals surface area contributed by atoms with Gasteiger partial charge in [-0.2, -0.15) is 0 Å². The molecule has 25 heavy (non-hydrogen) atoms. The monoisotopic (exact) mass is 334 g/mol. The van der Waals surface area contributed by atoms with Gasteiger partial charge in [-0.1, -0.05) is 74.4 Å². The van der Waals surface area contributed by atoms with Crippen molar-refractivity contribution in [1.29, 1.82) is 0 Å². The molecule has 0 fully saturated rings. The number of fused-ring (bicyclic) bond motifs is 3. The molecule has 0 aromatic heterocycles. The van der Waals surface area contributed by atoms with Crippen LogP contribution in [-0.4, -0.2) is 0 Å². The van der Waals surface area contributed by atoms with Gasteiger partial charge in [-0.05, 0) is 79.5 Å². The highest BCUT2D eigenvalue weighted by Crippen LogP contribution is 2.37. The van der Waals surface area contributed by atoms with Crippen molar-refractivity contribution in [3.8, 4) is 0 Å². The maximum absolute atomic E-state index is 2.46. The molecule has 0 atom stereocenters. The Hall–Kier alpha value is -1.56. The van der Waals surface area contributed by atoms with Crippen molar-refractivity contribution in [3.63, 3.8) is 0 Å². The second-order valence-electron chi connectivity index (χ2n) is 8.05. The molecular formula is C25H34. The summed E-state index contributed by atoms with van der Waals surface area (Å²) in [5.41, 5.74) is 9.19. The second-order valence-corrected chi connectivity index (χ2v) is 8.05. The quantitative estimate of drug-likeness (QED) is 0.455. The SMILES string of the molecule is CCCCCCCCc1c(C)c2c(c3ccc(C)cc13)CCC(C)=C2. The van der Waals surface area contributed by atoms with Gasteiger partial charge in [0.15, 0.2) is 0 Å². The first-order chi connectivity index (χ1) is 12.1. The molecule has 0 unspecified atom stereocenters. The van der Waals surface area contributed by atoms with Crippen LogP contribution in [0.3, 0.4) is 0 Å². The Labute approximate surface area is 154 Å². The lowest BCUT2D eigenvalue weighted by atomic mass is 9.82. The van der Waals surface area contributed by atoms with Gasteiger partial charge in [0.05, 0.1) is 0 Å². The number of hydrogen-bond acceptors (Lipinski definition) is 0. The third kappa shape index (κ3) is 4.00. The molecule has 0 bridgehead atoms. The van der Waals surface area contributed by atoms with E-state index >= 15 is 0 Å². The van der Waals surface area contributed by atoms with Gasteiger partial charge in [0.2, 0.25) is 0 Å². The van der Waals surface area contributed by atoms with Crippen LogP contribution >= 0.6 is 0 Å². The van der Waals surface area contributed by atoms with E-state index < -0.39 is 0 Å². The van der Waals surface area contributed by atoms with Crippen LogP contribution in [0.2, 0.25) is 0 Å². The van der Waals surface area contributed by atoms with Gasteiger partial charge in [-0.25, -0.2) is 0 Å². The molecule has 0 N–H and O–H groups in total. The molecule has 1 aliphatic rings. The van der Waals surface area contributed by atoms with Crippen LogP contribution in [0.5, 0.6) is 0 Å². The summed E-state index contributed by atoms with van der Waals surface area (Å²) in [6.45, 7) is 9.17. The average molecular weight is 335 g/mol. The summed E-state index contributed by atoms with van der Waals surface area (Å²) < 4.78 is 0. The molecule has 0 spiro atoms. The van der Waals surface area contributed by atoms with Crippen LogP contribution in [0.4, 0.5) is 0 Å². The van der Waals surface area contributed by atoms with Crippen molar-refractivity contribution in [2.24, 2.45) is 0 Å². The predicted molar refractivity (Wildman–Crippen MR) is 112 cm³/mol. The summed E-state index contributed by atoms with van der Waals surface area (Å²) in [6.07, 6.45) is 14.3. The Morgan fingerprint density at radius 2 is 1.60 bits per heavy atom. The zero-order chi connectivity index (χ0) is 17.8. The van der Waals surface area contributed by atoms with Crippen molar-refractivity contribution in [2.45, 2.75) is 85.5 Å². The first-order valence-electron chi connectivity index (χ1n) is 10.3. The van der Waals surface area contributed by atoms with Gasteiger partial charge in [-0.3, -0.25) is 0 Å². The first-order valence-corrected chi connectivity index (χ1v) is 10.3. The molecule has 0 saturated heterocycles. The lowest BCUT2D eigenvalue weighted by molar-refractivity contribution is 0.607. The van der Waals surface area contributed by atoms with Crippen LogP contribution in [0.25, 0.3) is 16.8 Å². The highest BCUT2D eigenvalue weighted by atomic mass is 14.2. The number of aryl methyl sites for hydroxylation is 3. The second kappa shape index (κ2) is 8.21. The number of benzene rings is 2. The van der Waals surface area contributed by atoms with Crippen molar-refractivity contribution in [1.82, 2.24) is 0 Å². The van der Waals surface area contributed by atoms with E-state index in [2.05, 4.69) is 52.0 Å². The molecule has 0 aliphatic heterocycles. The van der Waals surface area contributed by atoms with E-state index in [0.29, 0.717) is 0 Å². The molecule has 0 amide bonds. The fraction of sp³-hybridized carbons (Fsp3) is 0.520. The van der Waals surface area contributed by atoms with Crippen molar-refractivity contribution in [3.05, 3.63) is 51.6 Å². The Bertz CT molecular complexity index is 776. The summed E-state index contributed by atoms with van der Waals surface area (Å²) in [4.78, 5) is 0. The average Bonchev–Trinajstić information content (AvgIpc) is 2.60. The maximum Gasteiger partial charge on any atom is -0.0143 e. The fourth-order valence-electron chi connectivity index (χ4n) is 4.42. The molecular weight excluding hydrogens is 300 g/mol. The summed E-state index contributed by atoms with van der Waals surface area (Å²) in [7, 11) is 0. The van der Waals surface area contributed by atoms with E-state index in [1.54, 1.807) is 16.7 Å². The smallest absolute Gasteiger partial charge is 0.0143 e. The van der Waals surface area contributed by atoms with Crippen LogP contribution in [0.15, 0.2) is 23.8 Å². The highest BCUT2D eigenvalue weighted by Gasteiger charge is 2.18. The molecule has 3 rings (SSSR count). The normalized spacial score (nSPS) is 13.8. The largest absolute Gasteiger partial charge is 0.0724 e. The van der Waals surface area contributed by atoms with Crippen LogP contribution < -0.4 is 0 Å². The standard InChI is InChI=1S/C25H34/c1-5-6-7-8-9-10-11-21-20(4)24-16-18(2)12-14-22(24)23-15-13-19(3)17-25(21)23/h13,15-17H,5-12,14H2,1-4H3. The van der Waals surface area contributed by atoms with Gasteiger partial charge in [0.25, 0.3) is 0 Å². The van der Waals surface area contributed by atoms with Crippen molar-refractivity contribution in [2.75, 3.05) is 0 Å². The molecule has 0 nitrogen and oxygen atoms in total. The number of allylic oxidation sites excluding steroid dienone is 1. The zero-order valence-corrected chi connectivity index (χ0v) is 16.7. The molecule has 0 saturated carbocycles. The number of hydrogen-bond donors (Lipinski definition) is 0. The predicted octanol–water partition coefficient (Wildman–Crippen LogP) is 7.71. The Kier molecular flexibility index (Phi) is 5.99. The zero-order valence-electron chi connectivity index (χ0n) is 16.7. The minimum Gasteiger partial charge on any atom is -0.0724 e. The topological polar surface area (TPSA) is 0 Å². The van der Waals surface area contributed by atoms with E-state index in [9.17, 15) is 0 Å². The summed E-state index contributed by atoms with van der Waals surface area (Å²) in [5.74, 6) is 0. The summed E-state index contributed by atoms with van der Waals surface area (Å²) >= 11 is 0. The molecule has 134 valence electrons. The van der Waals surface area contributed by atoms with Gasteiger partial charge < -0.3 is 0 Å². The summed E-state index contributed by atoms with van der Waals surface area (Å²) in [6, 6.07) is 7.10. The Morgan fingerprint density at radius 3 is 2.40 bits per heavy atom. The van der Waals surface area contributed by atoms with E-state index in [4.69, 9.17) is 0 Å². The van der Waals surface area contributed by atoms with E-state index in [-0.39, 0.29) is 0 Å². The lowest BCUT2D eigenvalue weighted by Crippen LogP contribution is -2.05. The van der Waals surface area contributed by atoms with Gasteiger partial charge in [0, 0.05) is 0 Å². The van der Waals surface area contributed by atoms with E-state index in [1.165, 1.54) is 85.3 Å². The minimum absolute atomic E-state index is 1.20. The Morgan fingerprint density at radius 1 is 0.840 bits per heavy atom. The number of rotatable bonds is 7. The molecule has 0 heteroatoms. The van der Waals surface area contributed by atoms with Gasteiger partial charge >= 0.3 is 0 Å². The fourth-order valence-corrected chi connectivity index (χ4v) is 4.42. The van der Waals surface area contributed by atoms with Gasteiger partial charge in [0.1, 0.15) is 0 Å². The summed E-state index contributed by atoms with van der Waals surface area (Å²) in [5, 5.41) is 3.04. The van der Waals surface area contributed by atoms with Crippen LogP contribution in [0, 0.1) is 13.8 Å². The van der Waals surface area contributed by atoms with E-state index in [1.807, 2.05) is 0 Å². The van der Waals surface area contributed by atoms with Gasteiger partial charge in [-0.15, -0.1) is 0 Å². The van der Waals surface area contributed by atoms with Crippen LogP contribution in [0.1, 0.15) is 86.6 Å². The number of unbranched alkanes of at least 4 members (excludes halogenated alkanes) is 5. The molecule has 0 radical (unpaired) electrons. The lowest BCUT2D eigenvalue weighted by Gasteiger charge is -2.23. The third-order valence-corrected chi connectivity index (χ3v) is 5.95. The molecule has 1 aliphatic carbocycles.